The minimum absolute atomic E-state index is 0.0938. The monoisotopic (exact) mass is 366 g/mol. The third-order valence-electron chi connectivity index (χ3n) is 5.54. The quantitative estimate of drug-likeness (QED) is 0.905. The van der Waals surface area contributed by atoms with Crippen LogP contribution in [0.4, 0.5) is 0 Å². The molecule has 27 heavy (non-hydrogen) atoms. The zero-order valence-corrected chi connectivity index (χ0v) is 15.8. The summed E-state index contributed by atoms with van der Waals surface area (Å²) >= 11 is 0. The molecule has 1 aliphatic heterocycles. The van der Waals surface area contributed by atoms with Crippen LogP contribution < -0.4 is 5.32 Å². The Hall–Kier alpha value is -2.63. The number of benzene rings is 1. The van der Waals surface area contributed by atoms with Gasteiger partial charge in [-0.25, -0.2) is 0 Å². The van der Waals surface area contributed by atoms with Gasteiger partial charge in [-0.3, -0.25) is 14.3 Å². The highest BCUT2D eigenvalue weighted by Gasteiger charge is 2.30. The number of rotatable bonds is 4. The van der Waals surface area contributed by atoms with Gasteiger partial charge in [0.2, 0.25) is 5.91 Å². The zero-order chi connectivity index (χ0) is 18.8. The molecular weight excluding hydrogens is 340 g/mol. The maximum atomic E-state index is 12.6. The first-order valence-corrected chi connectivity index (χ1v) is 9.79. The molecule has 1 aromatic heterocycles. The number of hydrogen-bond donors (Lipinski definition) is 1. The normalized spacial score (nSPS) is 17.0. The van der Waals surface area contributed by atoms with Crippen molar-refractivity contribution in [2.75, 3.05) is 6.54 Å². The van der Waals surface area contributed by atoms with Crippen LogP contribution in [-0.4, -0.2) is 33.0 Å². The van der Waals surface area contributed by atoms with Crippen molar-refractivity contribution in [2.24, 2.45) is 5.92 Å². The predicted octanol–water partition coefficient (Wildman–Crippen LogP) is 2.65. The molecule has 4 rings (SSSR count). The van der Waals surface area contributed by atoms with Crippen LogP contribution in [0.3, 0.4) is 0 Å². The first kappa shape index (κ1) is 17.8. The Balaban J connectivity index is 1.40. The number of nitrogens with one attached hydrogen (secondary N) is 1. The minimum atomic E-state index is -0.0938. The van der Waals surface area contributed by atoms with Crippen molar-refractivity contribution in [3.8, 4) is 0 Å². The molecular formula is C21H26N4O2. The molecule has 142 valence electrons. The number of nitrogens with zero attached hydrogens (tertiary/aromatic N) is 3. The molecule has 0 radical (unpaired) electrons. The van der Waals surface area contributed by atoms with E-state index in [0.717, 1.165) is 49.3 Å². The number of aromatic nitrogens is 2. The fourth-order valence-electron chi connectivity index (χ4n) is 3.77. The molecule has 1 aromatic carbocycles. The summed E-state index contributed by atoms with van der Waals surface area (Å²) in [5.74, 6) is 0.432. The lowest BCUT2D eigenvalue weighted by Crippen LogP contribution is -2.38. The number of aryl methyl sites for hydroxylation is 2. The van der Waals surface area contributed by atoms with E-state index in [-0.39, 0.29) is 11.8 Å². The van der Waals surface area contributed by atoms with Crippen molar-refractivity contribution in [3.05, 3.63) is 52.8 Å². The molecule has 1 N–H and O–H groups in total. The minimum Gasteiger partial charge on any atom is -0.346 e. The van der Waals surface area contributed by atoms with Gasteiger partial charge in [-0.1, -0.05) is 24.1 Å². The van der Waals surface area contributed by atoms with Crippen LogP contribution in [0.5, 0.6) is 0 Å². The van der Waals surface area contributed by atoms with E-state index in [1.165, 1.54) is 6.42 Å². The van der Waals surface area contributed by atoms with E-state index < -0.39 is 0 Å². The number of amides is 2. The summed E-state index contributed by atoms with van der Waals surface area (Å²) in [5, 5.41) is 7.57. The Labute approximate surface area is 159 Å². The lowest BCUT2D eigenvalue weighted by atomic mass is 9.84. The van der Waals surface area contributed by atoms with Gasteiger partial charge in [0.05, 0.1) is 24.5 Å². The van der Waals surface area contributed by atoms with E-state index in [1.54, 1.807) is 0 Å². The molecule has 0 atom stereocenters. The summed E-state index contributed by atoms with van der Waals surface area (Å²) in [6.45, 7) is 4.60. The second-order valence-electron chi connectivity index (χ2n) is 7.64. The molecule has 2 amide bonds. The highest BCUT2D eigenvalue weighted by molar-refractivity contribution is 5.94. The largest absolute Gasteiger partial charge is 0.346 e. The van der Waals surface area contributed by atoms with E-state index in [0.29, 0.717) is 24.6 Å². The summed E-state index contributed by atoms with van der Waals surface area (Å²) in [7, 11) is 0. The lowest BCUT2D eigenvalue weighted by molar-refractivity contribution is -0.138. The van der Waals surface area contributed by atoms with Gasteiger partial charge in [0.15, 0.2) is 0 Å². The number of hydrogen-bond acceptors (Lipinski definition) is 3. The van der Waals surface area contributed by atoms with Gasteiger partial charge in [0.25, 0.3) is 5.91 Å². The number of carbonyl (C=O) groups is 2. The topological polar surface area (TPSA) is 67.2 Å². The second kappa shape index (κ2) is 7.55. The molecule has 1 aliphatic carbocycles. The molecule has 6 heteroatoms. The summed E-state index contributed by atoms with van der Waals surface area (Å²) in [5.41, 5.74) is 3.62. The zero-order valence-electron chi connectivity index (χ0n) is 15.8. The van der Waals surface area contributed by atoms with Gasteiger partial charge in [0, 0.05) is 24.6 Å². The van der Waals surface area contributed by atoms with Gasteiger partial charge in [-0.2, -0.15) is 5.10 Å². The Morgan fingerprint density at radius 2 is 2.04 bits per heavy atom. The molecule has 1 fully saturated rings. The molecule has 2 aromatic rings. The smallest absolute Gasteiger partial charge is 0.251 e. The Morgan fingerprint density at radius 3 is 2.78 bits per heavy atom. The van der Waals surface area contributed by atoms with Crippen LogP contribution in [0.15, 0.2) is 30.3 Å². The summed E-state index contributed by atoms with van der Waals surface area (Å²) < 4.78 is 1.99. The van der Waals surface area contributed by atoms with Crippen LogP contribution in [0.1, 0.15) is 53.0 Å². The van der Waals surface area contributed by atoms with Crippen molar-refractivity contribution >= 4 is 11.8 Å². The first-order valence-electron chi connectivity index (χ1n) is 9.79. The third kappa shape index (κ3) is 3.89. The molecule has 0 unspecified atom stereocenters. The Kier molecular flexibility index (Phi) is 4.97. The van der Waals surface area contributed by atoms with Gasteiger partial charge in [0.1, 0.15) is 0 Å². The summed E-state index contributed by atoms with van der Waals surface area (Å²) in [4.78, 5) is 26.9. The van der Waals surface area contributed by atoms with E-state index in [2.05, 4.69) is 10.4 Å². The average molecular weight is 366 g/mol. The highest BCUT2D eigenvalue weighted by atomic mass is 16.2. The molecule has 0 saturated heterocycles. The second-order valence-corrected chi connectivity index (χ2v) is 7.64. The maximum absolute atomic E-state index is 12.6. The van der Waals surface area contributed by atoms with Crippen molar-refractivity contribution in [1.82, 2.24) is 20.0 Å². The summed E-state index contributed by atoms with van der Waals surface area (Å²) in [6.07, 6.45) is 4.16. The van der Waals surface area contributed by atoms with Crippen LogP contribution in [0, 0.1) is 12.8 Å². The van der Waals surface area contributed by atoms with Crippen LogP contribution in [0.25, 0.3) is 0 Å². The van der Waals surface area contributed by atoms with Gasteiger partial charge < -0.3 is 10.2 Å². The lowest BCUT2D eigenvalue weighted by Gasteiger charge is -2.30. The third-order valence-corrected chi connectivity index (χ3v) is 5.54. The first-order chi connectivity index (χ1) is 13.1. The predicted molar refractivity (Wildman–Crippen MR) is 102 cm³/mol. The van der Waals surface area contributed by atoms with Crippen molar-refractivity contribution < 1.29 is 9.59 Å². The Bertz CT molecular complexity index is 854. The van der Waals surface area contributed by atoms with Crippen LogP contribution >= 0.6 is 0 Å². The maximum Gasteiger partial charge on any atom is 0.251 e. The van der Waals surface area contributed by atoms with Gasteiger partial charge in [-0.15, -0.1) is 0 Å². The molecule has 2 aliphatic rings. The SMILES string of the molecule is Cc1cccc(C(=O)NCc2cc3n(n2)CCCN(C(=O)C2CCC2)C3)c1. The van der Waals surface area contributed by atoms with Crippen molar-refractivity contribution in [1.29, 1.82) is 0 Å². The standard InChI is InChI=1S/C21H26N4O2/c1-15-5-2-8-17(11-15)20(26)22-13-18-12-19-14-24(9-4-10-25(19)23-18)21(27)16-6-3-7-16/h2,5,8,11-12,16H,3-4,6-7,9-10,13-14H2,1H3,(H,22,26). The van der Waals surface area contributed by atoms with E-state index >= 15 is 0 Å². The van der Waals surface area contributed by atoms with Gasteiger partial charge >= 0.3 is 0 Å². The average Bonchev–Trinajstić information content (AvgIpc) is 2.88. The molecule has 6 nitrogen and oxygen atoms in total. The van der Waals surface area contributed by atoms with Crippen LogP contribution in [-0.2, 0) is 24.4 Å². The molecule has 1 saturated carbocycles. The van der Waals surface area contributed by atoms with Crippen LogP contribution in [0.2, 0.25) is 0 Å². The number of fused-ring (bicyclic) bond motifs is 1. The Morgan fingerprint density at radius 1 is 1.19 bits per heavy atom. The molecule has 0 spiro atoms. The van der Waals surface area contributed by atoms with Crippen molar-refractivity contribution in [2.45, 2.75) is 52.2 Å². The fourth-order valence-corrected chi connectivity index (χ4v) is 3.77. The van der Waals surface area contributed by atoms with Crippen molar-refractivity contribution in [3.63, 3.8) is 0 Å². The number of carbonyl (C=O) groups excluding carboxylic acids is 2. The van der Waals surface area contributed by atoms with E-state index in [1.807, 2.05) is 46.8 Å². The summed E-state index contributed by atoms with van der Waals surface area (Å²) in [6, 6.07) is 9.57. The van der Waals surface area contributed by atoms with Gasteiger partial charge in [-0.05, 0) is 44.4 Å². The molecule has 2 heterocycles. The molecule has 0 bridgehead atoms. The fraction of sp³-hybridized carbons (Fsp3) is 0.476. The van der Waals surface area contributed by atoms with E-state index in [9.17, 15) is 9.59 Å². The highest BCUT2D eigenvalue weighted by Crippen LogP contribution is 2.29. The van der Waals surface area contributed by atoms with E-state index in [4.69, 9.17) is 0 Å².